The lowest BCUT2D eigenvalue weighted by molar-refractivity contribution is -0.146. The van der Waals surface area contributed by atoms with Crippen molar-refractivity contribution >= 4 is 5.97 Å². The van der Waals surface area contributed by atoms with E-state index in [1.807, 2.05) is 19.9 Å². The molecule has 1 rings (SSSR count). The number of carbonyl (C=O) groups excluding carboxylic acids is 1. The molecule has 106 valence electrons. The van der Waals surface area contributed by atoms with Crippen LogP contribution >= 0.6 is 0 Å². The van der Waals surface area contributed by atoms with E-state index >= 15 is 0 Å². The zero-order valence-corrected chi connectivity index (χ0v) is 11.8. The Hall–Kier alpha value is -1.42. The molecule has 4 heteroatoms. The molecule has 3 nitrogen and oxygen atoms in total. The zero-order valence-electron chi connectivity index (χ0n) is 11.8. The Morgan fingerprint density at radius 2 is 2.16 bits per heavy atom. The smallest absolute Gasteiger partial charge is 0.323 e. The second-order valence-electron chi connectivity index (χ2n) is 4.54. The Kier molecular flexibility index (Phi) is 6.50. The standard InChI is InChI=1S/C15H22FNO2/c1-4-7-14(15(18)19-5-2)17-11(3)12-8-6-9-13(16)10-12/h6,8-11,14,17H,4-5,7H2,1-3H3/t11-,14?/m0/s1. The minimum absolute atomic E-state index is 0.100. The third kappa shape index (κ3) is 4.99. The first-order valence-electron chi connectivity index (χ1n) is 6.76. The molecule has 0 saturated heterocycles. The summed E-state index contributed by atoms with van der Waals surface area (Å²) in [4.78, 5) is 11.8. The van der Waals surface area contributed by atoms with Crippen LogP contribution in [-0.4, -0.2) is 18.6 Å². The van der Waals surface area contributed by atoms with E-state index in [2.05, 4.69) is 5.32 Å². The van der Waals surface area contributed by atoms with Crippen LogP contribution in [0.3, 0.4) is 0 Å². The third-order valence-corrected chi connectivity index (χ3v) is 2.95. The maximum absolute atomic E-state index is 13.2. The number of hydrogen-bond acceptors (Lipinski definition) is 3. The molecule has 0 aliphatic rings. The van der Waals surface area contributed by atoms with Gasteiger partial charge in [0.2, 0.25) is 0 Å². The minimum Gasteiger partial charge on any atom is -0.465 e. The topological polar surface area (TPSA) is 38.3 Å². The molecule has 0 amide bonds. The summed E-state index contributed by atoms with van der Waals surface area (Å²) in [5, 5.41) is 3.20. The summed E-state index contributed by atoms with van der Waals surface area (Å²) < 4.78 is 18.2. The summed E-state index contributed by atoms with van der Waals surface area (Å²) in [5.41, 5.74) is 0.824. The van der Waals surface area contributed by atoms with Gasteiger partial charge < -0.3 is 4.74 Å². The highest BCUT2D eigenvalue weighted by molar-refractivity contribution is 5.75. The number of ether oxygens (including phenoxy) is 1. The molecule has 2 atom stereocenters. The van der Waals surface area contributed by atoms with Crippen molar-refractivity contribution in [2.24, 2.45) is 0 Å². The summed E-state index contributed by atoms with van der Waals surface area (Å²) in [7, 11) is 0. The molecule has 0 saturated carbocycles. The average molecular weight is 267 g/mol. The second kappa shape index (κ2) is 7.89. The number of rotatable bonds is 7. The van der Waals surface area contributed by atoms with Gasteiger partial charge in [-0.15, -0.1) is 0 Å². The van der Waals surface area contributed by atoms with Gasteiger partial charge >= 0.3 is 5.97 Å². The average Bonchev–Trinajstić information content (AvgIpc) is 2.38. The number of hydrogen-bond donors (Lipinski definition) is 1. The van der Waals surface area contributed by atoms with Crippen LogP contribution < -0.4 is 5.32 Å². The number of halogens is 1. The van der Waals surface area contributed by atoms with Gasteiger partial charge in [0, 0.05) is 6.04 Å². The quantitative estimate of drug-likeness (QED) is 0.771. The highest BCUT2D eigenvalue weighted by atomic mass is 19.1. The van der Waals surface area contributed by atoms with Gasteiger partial charge in [-0.2, -0.15) is 0 Å². The van der Waals surface area contributed by atoms with Crippen LogP contribution in [0.1, 0.15) is 45.2 Å². The zero-order chi connectivity index (χ0) is 14.3. The summed E-state index contributed by atoms with van der Waals surface area (Å²) >= 11 is 0. The third-order valence-electron chi connectivity index (χ3n) is 2.95. The molecule has 0 spiro atoms. The molecule has 1 N–H and O–H groups in total. The Labute approximate surface area is 114 Å². The van der Waals surface area contributed by atoms with Crippen LogP contribution in [0.25, 0.3) is 0 Å². The van der Waals surface area contributed by atoms with Crippen molar-refractivity contribution in [1.29, 1.82) is 0 Å². The van der Waals surface area contributed by atoms with Crippen LogP contribution in [0.4, 0.5) is 4.39 Å². The van der Waals surface area contributed by atoms with E-state index in [0.29, 0.717) is 13.0 Å². The van der Waals surface area contributed by atoms with Gasteiger partial charge in [-0.1, -0.05) is 25.5 Å². The van der Waals surface area contributed by atoms with Crippen LogP contribution in [0.15, 0.2) is 24.3 Å². The van der Waals surface area contributed by atoms with E-state index in [1.165, 1.54) is 12.1 Å². The maximum atomic E-state index is 13.2. The SMILES string of the molecule is CCCC(N[C@@H](C)c1cccc(F)c1)C(=O)OCC. The van der Waals surface area contributed by atoms with Gasteiger partial charge in [0.05, 0.1) is 6.61 Å². The largest absolute Gasteiger partial charge is 0.465 e. The van der Waals surface area contributed by atoms with Gasteiger partial charge in [-0.25, -0.2) is 4.39 Å². The molecule has 1 aromatic carbocycles. The predicted octanol–water partition coefficient (Wildman–Crippen LogP) is 3.21. The van der Waals surface area contributed by atoms with Crippen molar-refractivity contribution in [3.05, 3.63) is 35.6 Å². The molecule has 0 bridgehead atoms. The first-order chi connectivity index (χ1) is 9.08. The molecule has 0 fully saturated rings. The van der Waals surface area contributed by atoms with Crippen molar-refractivity contribution in [1.82, 2.24) is 5.32 Å². The lowest BCUT2D eigenvalue weighted by Crippen LogP contribution is -2.39. The van der Waals surface area contributed by atoms with Crippen molar-refractivity contribution < 1.29 is 13.9 Å². The second-order valence-corrected chi connectivity index (χ2v) is 4.54. The van der Waals surface area contributed by atoms with Crippen LogP contribution in [-0.2, 0) is 9.53 Å². The fraction of sp³-hybridized carbons (Fsp3) is 0.533. The fourth-order valence-electron chi connectivity index (χ4n) is 1.97. The lowest BCUT2D eigenvalue weighted by Gasteiger charge is -2.22. The first-order valence-corrected chi connectivity index (χ1v) is 6.76. The molecule has 0 aliphatic heterocycles. The van der Waals surface area contributed by atoms with E-state index in [-0.39, 0.29) is 23.9 Å². The van der Waals surface area contributed by atoms with E-state index in [9.17, 15) is 9.18 Å². The van der Waals surface area contributed by atoms with Crippen molar-refractivity contribution in [3.8, 4) is 0 Å². The van der Waals surface area contributed by atoms with Gasteiger partial charge in [0.25, 0.3) is 0 Å². The highest BCUT2D eigenvalue weighted by Crippen LogP contribution is 2.15. The summed E-state index contributed by atoms with van der Waals surface area (Å²) in [6.07, 6.45) is 1.59. The van der Waals surface area contributed by atoms with Gasteiger partial charge in [-0.3, -0.25) is 10.1 Å². The monoisotopic (exact) mass is 267 g/mol. The lowest BCUT2D eigenvalue weighted by atomic mass is 10.1. The predicted molar refractivity (Wildman–Crippen MR) is 73.3 cm³/mol. The minimum atomic E-state index is -0.344. The number of carbonyl (C=O) groups is 1. The van der Waals surface area contributed by atoms with Crippen molar-refractivity contribution in [3.63, 3.8) is 0 Å². The normalized spacial score (nSPS) is 13.9. The Balaban J connectivity index is 2.70. The van der Waals surface area contributed by atoms with Gasteiger partial charge in [-0.05, 0) is 38.0 Å². The molecule has 19 heavy (non-hydrogen) atoms. The van der Waals surface area contributed by atoms with Crippen molar-refractivity contribution in [2.75, 3.05) is 6.61 Å². The van der Waals surface area contributed by atoms with Crippen molar-refractivity contribution in [2.45, 2.75) is 45.7 Å². The van der Waals surface area contributed by atoms with Crippen LogP contribution in [0.2, 0.25) is 0 Å². The number of nitrogens with one attached hydrogen (secondary N) is 1. The van der Waals surface area contributed by atoms with E-state index < -0.39 is 0 Å². The molecule has 0 aliphatic carbocycles. The molecule has 0 aromatic heterocycles. The Morgan fingerprint density at radius 3 is 2.74 bits per heavy atom. The molecular weight excluding hydrogens is 245 g/mol. The molecule has 0 heterocycles. The van der Waals surface area contributed by atoms with Crippen LogP contribution in [0.5, 0.6) is 0 Å². The van der Waals surface area contributed by atoms with Crippen LogP contribution in [0, 0.1) is 5.82 Å². The number of benzene rings is 1. The summed E-state index contributed by atoms with van der Waals surface area (Å²) in [6.45, 7) is 6.09. The summed E-state index contributed by atoms with van der Waals surface area (Å²) in [5.74, 6) is -0.512. The first kappa shape index (κ1) is 15.6. The van der Waals surface area contributed by atoms with E-state index in [0.717, 1.165) is 12.0 Å². The Bertz CT molecular complexity index is 409. The molecular formula is C15H22FNO2. The van der Waals surface area contributed by atoms with E-state index in [1.54, 1.807) is 13.0 Å². The Morgan fingerprint density at radius 1 is 1.42 bits per heavy atom. The summed E-state index contributed by atoms with van der Waals surface area (Å²) in [6, 6.07) is 5.95. The maximum Gasteiger partial charge on any atom is 0.323 e. The number of esters is 1. The van der Waals surface area contributed by atoms with Gasteiger partial charge in [0.15, 0.2) is 0 Å². The molecule has 0 radical (unpaired) electrons. The van der Waals surface area contributed by atoms with Gasteiger partial charge in [0.1, 0.15) is 11.9 Å². The molecule has 1 unspecified atom stereocenters. The fourth-order valence-corrected chi connectivity index (χ4v) is 1.97. The highest BCUT2D eigenvalue weighted by Gasteiger charge is 2.21. The molecule has 1 aromatic rings. The van der Waals surface area contributed by atoms with E-state index in [4.69, 9.17) is 4.74 Å².